The molecule has 6 nitrogen and oxygen atoms in total. The van der Waals surface area contributed by atoms with E-state index in [1.54, 1.807) is 55.8 Å². The normalized spacial score (nSPS) is 10.2. The fourth-order valence-electron chi connectivity index (χ4n) is 1.94. The van der Waals surface area contributed by atoms with Crippen LogP contribution in [0, 0.1) is 0 Å². The fraction of sp³-hybridized carbons (Fsp3) is 0.0625. The zero-order valence-corrected chi connectivity index (χ0v) is 11.9. The van der Waals surface area contributed by atoms with Crippen LogP contribution in [-0.2, 0) is 0 Å². The maximum atomic E-state index is 9.83. The van der Waals surface area contributed by atoms with Gasteiger partial charge in [0.05, 0.1) is 11.3 Å². The fourth-order valence-corrected chi connectivity index (χ4v) is 1.94. The molecule has 0 fully saturated rings. The molecule has 0 bridgehead atoms. The molecule has 6 heteroatoms. The van der Waals surface area contributed by atoms with E-state index in [1.165, 1.54) is 0 Å². The summed E-state index contributed by atoms with van der Waals surface area (Å²) in [6.45, 7) is 0. The number of rotatable bonds is 4. The van der Waals surface area contributed by atoms with Gasteiger partial charge in [0.2, 0.25) is 11.8 Å². The third-order valence-electron chi connectivity index (χ3n) is 3.00. The summed E-state index contributed by atoms with van der Waals surface area (Å²) in [4.78, 5) is 12.7. The lowest BCUT2D eigenvalue weighted by Crippen LogP contribution is -1.98. The van der Waals surface area contributed by atoms with E-state index in [0.29, 0.717) is 28.8 Å². The number of benzene rings is 1. The number of anilines is 1. The van der Waals surface area contributed by atoms with Crippen LogP contribution in [0.1, 0.15) is 0 Å². The molecule has 2 aromatic heterocycles. The maximum Gasteiger partial charge on any atom is 0.228 e. The van der Waals surface area contributed by atoms with Crippen molar-refractivity contribution in [1.82, 2.24) is 15.0 Å². The minimum Gasteiger partial charge on any atom is -0.504 e. The Morgan fingerprint density at radius 1 is 1.00 bits per heavy atom. The molecule has 2 heterocycles. The average molecular weight is 294 g/mol. The van der Waals surface area contributed by atoms with E-state index >= 15 is 0 Å². The van der Waals surface area contributed by atoms with Crippen molar-refractivity contribution in [2.45, 2.75) is 0 Å². The Balaban J connectivity index is 2.01. The highest BCUT2D eigenvalue weighted by molar-refractivity contribution is 5.66. The quantitative estimate of drug-likeness (QED) is 0.769. The third-order valence-corrected chi connectivity index (χ3v) is 3.00. The number of para-hydroxylation sites is 2. The summed E-state index contributed by atoms with van der Waals surface area (Å²) >= 11 is 0. The van der Waals surface area contributed by atoms with Gasteiger partial charge in [-0.3, -0.25) is 0 Å². The molecule has 0 saturated heterocycles. The molecule has 0 aliphatic rings. The second-order valence-corrected chi connectivity index (χ2v) is 4.44. The highest BCUT2D eigenvalue weighted by atomic mass is 16.5. The predicted molar refractivity (Wildman–Crippen MR) is 83.0 cm³/mol. The van der Waals surface area contributed by atoms with E-state index in [2.05, 4.69) is 20.3 Å². The number of phenolic OH excluding ortho intramolecular Hbond substituents is 1. The summed E-state index contributed by atoms with van der Waals surface area (Å²) in [7, 11) is 1.75. The van der Waals surface area contributed by atoms with Crippen LogP contribution in [0.4, 0.5) is 5.95 Å². The minimum absolute atomic E-state index is 0.0534. The number of ether oxygens (including phenoxy) is 1. The molecule has 0 amide bonds. The molecule has 1 aromatic carbocycles. The van der Waals surface area contributed by atoms with E-state index in [-0.39, 0.29) is 5.75 Å². The van der Waals surface area contributed by atoms with Gasteiger partial charge in [-0.15, -0.1) is 0 Å². The number of aromatic nitrogens is 3. The average Bonchev–Trinajstić information content (AvgIpc) is 2.57. The zero-order valence-electron chi connectivity index (χ0n) is 11.9. The molecule has 0 atom stereocenters. The summed E-state index contributed by atoms with van der Waals surface area (Å²) in [5.41, 5.74) is 1.39. The topological polar surface area (TPSA) is 80.2 Å². The van der Waals surface area contributed by atoms with Gasteiger partial charge in [0.25, 0.3) is 0 Å². The Morgan fingerprint density at radius 3 is 2.68 bits per heavy atom. The van der Waals surface area contributed by atoms with Crippen LogP contribution in [-0.4, -0.2) is 27.1 Å². The van der Waals surface area contributed by atoms with E-state index in [0.717, 1.165) is 0 Å². The maximum absolute atomic E-state index is 9.83. The molecule has 110 valence electrons. The zero-order chi connectivity index (χ0) is 15.4. The van der Waals surface area contributed by atoms with Gasteiger partial charge in [-0.2, -0.15) is 0 Å². The number of phenols is 1. The van der Waals surface area contributed by atoms with Gasteiger partial charge >= 0.3 is 0 Å². The highest BCUT2D eigenvalue weighted by Crippen LogP contribution is 2.34. The van der Waals surface area contributed by atoms with Crippen LogP contribution >= 0.6 is 0 Å². The number of nitrogens with zero attached hydrogens (tertiary/aromatic N) is 3. The van der Waals surface area contributed by atoms with Gasteiger partial charge in [0.15, 0.2) is 11.5 Å². The Labute approximate surface area is 127 Å². The van der Waals surface area contributed by atoms with E-state index in [9.17, 15) is 5.11 Å². The Hall–Kier alpha value is -3.15. The molecular weight excluding hydrogens is 280 g/mol. The van der Waals surface area contributed by atoms with Crippen LogP contribution < -0.4 is 10.1 Å². The number of aromatic hydroxyl groups is 1. The first-order valence-electron chi connectivity index (χ1n) is 6.70. The summed E-state index contributed by atoms with van der Waals surface area (Å²) in [5, 5.41) is 12.7. The molecule has 0 spiro atoms. The highest BCUT2D eigenvalue weighted by Gasteiger charge is 2.12. The van der Waals surface area contributed by atoms with Crippen LogP contribution in [0.25, 0.3) is 11.3 Å². The van der Waals surface area contributed by atoms with Crippen molar-refractivity contribution in [3.8, 4) is 28.6 Å². The molecule has 3 aromatic rings. The molecule has 3 rings (SSSR count). The van der Waals surface area contributed by atoms with Crippen molar-refractivity contribution in [2.75, 3.05) is 12.4 Å². The van der Waals surface area contributed by atoms with Crippen molar-refractivity contribution in [3.05, 3.63) is 54.9 Å². The number of hydrogen-bond donors (Lipinski definition) is 2. The summed E-state index contributed by atoms with van der Waals surface area (Å²) < 4.78 is 5.73. The van der Waals surface area contributed by atoms with Crippen molar-refractivity contribution < 1.29 is 9.84 Å². The standard InChI is InChI=1S/C16H14N4O2/c1-17-16-19-10-8-12(20-16)11-5-4-9-18-15(11)22-14-7-3-2-6-13(14)21/h2-10,21H,1H3,(H,17,19,20). The van der Waals surface area contributed by atoms with Gasteiger partial charge in [-0.1, -0.05) is 12.1 Å². The molecule has 0 aliphatic carbocycles. The molecule has 0 unspecified atom stereocenters. The predicted octanol–water partition coefficient (Wildman–Crippen LogP) is 3.08. The van der Waals surface area contributed by atoms with E-state index in [1.807, 2.05) is 6.07 Å². The second kappa shape index (κ2) is 6.09. The first-order chi connectivity index (χ1) is 10.8. The molecule has 2 N–H and O–H groups in total. The lowest BCUT2D eigenvalue weighted by molar-refractivity contribution is 0.403. The molecule has 0 saturated carbocycles. The van der Waals surface area contributed by atoms with Crippen LogP contribution in [0.5, 0.6) is 17.4 Å². The molecule has 22 heavy (non-hydrogen) atoms. The van der Waals surface area contributed by atoms with Gasteiger partial charge in [0.1, 0.15) is 0 Å². The first kappa shape index (κ1) is 13.8. The van der Waals surface area contributed by atoms with Crippen LogP contribution in [0.2, 0.25) is 0 Å². The third kappa shape index (κ3) is 2.80. The first-order valence-corrected chi connectivity index (χ1v) is 6.70. The van der Waals surface area contributed by atoms with E-state index < -0.39 is 0 Å². The molecule has 0 aliphatic heterocycles. The molecule has 0 radical (unpaired) electrons. The van der Waals surface area contributed by atoms with Crippen molar-refractivity contribution in [3.63, 3.8) is 0 Å². The Morgan fingerprint density at radius 2 is 1.86 bits per heavy atom. The van der Waals surface area contributed by atoms with E-state index in [4.69, 9.17) is 4.74 Å². The van der Waals surface area contributed by atoms with Crippen LogP contribution in [0.3, 0.4) is 0 Å². The van der Waals surface area contributed by atoms with Gasteiger partial charge < -0.3 is 15.2 Å². The minimum atomic E-state index is 0.0534. The summed E-state index contributed by atoms with van der Waals surface area (Å²) in [6.07, 6.45) is 3.28. The summed E-state index contributed by atoms with van der Waals surface area (Å²) in [5.74, 6) is 1.27. The molecular formula is C16H14N4O2. The van der Waals surface area contributed by atoms with Crippen LogP contribution in [0.15, 0.2) is 54.9 Å². The summed E-state index contributed by atoms with van der Waals surface area (Å²) in [6, 6.07) is 12.2. The number of hydrogen-bond acceptors (Lipinski definition) is 6. The number of pyridine rings is 1. The Kier molecular flexibility index (Phi) is 3.82. The van der Waals surface area contributed by atoms with Gasteiger partial charge in [0, 0.05) is 19.4 Å². The monoisotopic (exact) mass is 294 g/mol. The van der Waals surface area contributed by atoms with Crippen molar-refractivity contribution >= 4 is 5.95 Å². The Bertz CT molecular complexity index is 792. The smallest absolute Gasteiger partial charge is 0.228 e. The lowest BCUT2D eigenvalue weighted by Gasteiger charge is -2.10. The SMILES string of the molecule is CNc1nccc(-c2cccnc2Oc2ccccc2O)n1. The lowest BCUT2D eigenvalue weighted by atomic mass is 10.2. The van der Waals surface area contributed by atoms with Gasteiger partial charge in [-0.25, -0.2) is 15.0 Å². The second-order valence-electron chi connectivity index (χ2n) is 4.44. The van der Waals surface area contributed by atoms with Crippen molar-refractivity contribution in [2.24, 2.45) is 0 Å². The van der Waals surface area contributed by atoms with Crippen molar-refractivity contribution in [1.29, 1.82) is 0 Å². The largest absolute Gasteiger partial charge is 0.504 e. The van der Waals surface area contributed by atoms with Gasteiger partial charge in [-0.05, 0) is 30.3 Å². The number of nitrogens with one attached hydrogen (secondary N) is 1.